The molecule has 2 heterocycles. The smallest absolute Gasteiger partial charge is 0.174 e. The predicted octanol–water partition coefficient (Wildman–Crippen LogP) is 8.49. The second-order valence-corrected chi connectivity index (χ2v) is 11.5. The summed E-state index contributed by atoms with van der Waals surface area (Å²) in [6.07, 6.45) is 5.90. The highest BCUT2D eigenvalue weighted by molar-refractivity contribution is 14.1. The van der Waals surface area contributed by atoms with Gasteiger partial charge in [-0.05, 0) is 87.5 Å². The van der Waals surface area contributed by atoms with Gasteiger partial charge in [-0.2, -0.15) is 0 Å². The van der Waals surface area contributed by atoms with Crippen molar-refractivity contribution in [2.75, 3.05) is 31.7 Å². The highest BCUT2D eigenvalue weighted by Gasteiger charge is 2.35. The molecular weight excluding hydrogens is 607 g/mol. The first-order valence-electron chi connectivity index (χ1n) is 13.8. The summed E-state index contributed by atoms with van der Waals surface area (Å²) in [6.45, 7) is 6.35. The molecule has 6 rings (SSSR count). The van der Waals surface area contributed by atoms with Gasteiger partial charge in [-0.25, -0.2) is 0 Å². The lowest BCUT2D eigenvalue weighted by Crippen LogP contribution is -2.37. The van der Waals surface area contributed by atoms with Gasteiger partial charge in [-0.15, -0.1) is 0 Å². The van der Waals surface area contributed by atoms with Crippen LogP contribution in [-0.4, -0.2) is 33.0 Å². The molecule has 0 saturated heterocycles. The van der Waals surface area contributed by atoms with Crippen LogP contribution in [0.15, 0.2) is 103 Å². The largest absolute Gasteiger partial charge is 0.493 e. The van der Waals surface area contributed by atoms with E-state index in [0.29, 0.717) is 24.2 Å². The van der Waals surface area contributed by atoms with Crippen molar-refractivity contribution in [2.24, 2.45) is 4.99 Å². The van der Waals surface area contributed by atoms with Gasteiger partial charge in [0, 0.05) is 36.8 Å². The van der Waals surface area contributed by atoms with E-state index in [-0.39, 0.29) is 0 Å². The van der Waals surface area contributed by atoms with Crippen molar-refractivity contribution in [3.05, 3.63) is 129 Å². The average molecular weight is 641 g/mol. The van der Waals surface area contributed by atoms with Gasteiger partial charge in [0.2, 0.25) is 0 Å². The predicted molar refractivity (Wildman–Crippen MR) is 173 cm³/mol. The van der Waals surface area contributed by atoms with Gasteiger partial charge in [-0.3, -0.25) is 4.99 Å². The lowest BCUT2D eigenvalue weighted by Gasteiger charge is -2.43. The first kappa shape index (κ1) is 26.6. The van der Waals surface area contributed by atoms with Crippen molar-refractivity contribution < 1.29 is 9.47 Å². The number of anilines is 1. The van der Waals surface area contributed by atoms with Crippen LogP contribution in [0.3, 0.4) is 0 Å². The summed E-state index contributed by atoms with van der Waals surface area (Å²) in [4.78, 5) is 7.65. The van der Waals surface area contributed by atoms with E-state index in [1.54, 1.807) is 13.2 Å². The zero-order valence-electron chi connectivity index (χ0n) is 22.7. The molecule has 0 unspecified atom stereocenters. The number of hydrogen-bond donors (Lipinski definition) is 0. The van der Waals surface area contributed by atoms with Crippen molar-refractivity contribution in [1.29, 1.82) is 0 Å². The molecule has 0 radical (unpaired) electrons. The van der Waals surface area contributed by atoms with Gasteiger partial charge in [0.15, 0.2) is 11.5 Å². The Balaban J connectivity index is 1.45. The minimum Gasteiger partial charge on any atom is -0.493 e. The van der Waals surface area contributed by atoms with Gasteiger partial charge in [0.05, 0.1) is 16.4 Å². The summed E-state index contributed by atoms with van der Waals surface area (Å²) >= 11 is 2.29. The average Bonchev–Trinajstić information content (AvgIpc) is 3.00. The summed E-state index contributed by atoms with van der Waals surface area (Å²) in [7, 11) is 1.67. The van der Waals surface area contributed by atoms with Gasteiger partial charge >= 0.3 is 0 Å². The van der Waals surface area contributed by atoms with Crippen LogP contribution in [0.1, 0.15) is 52.5 Å². The second-order valence-electron chi connectivity index (χ2n) is 10.4. The Hall–Kier alpha value is -3.58. The topological polar surface area (TPSA) is 34.1 Å². The third kappa shape index (κ3) is 5.27. The Morgan fingerprint density at radius 2 is 1.50 bits per heavy atom. The number of benzene rings is 4. The molecule has 0 aliphatic carbocycles. The molecule has 0 spiro atoms. The molecule has 0 aromatic heterocycles. The fourth-order valence-corrected chi connectivity index (χ4v) is 6.94. The Labute approximate surface area is 250 Å². The number of hydrogen-bond acceptors (Lipinski definition) is 4. The Morgan fingerprint density at radius 1 is 0.900 bits per heavy atom. The molecule has 40 heavy (non-hydrogen) atoms. The summed E-state index contributed by atoms with van der Waals surface area (Å²) in [5, 5.41) is 0. The molecule has 4 aromatic carbocycles. The van der Waals surface area contributed by atoms with Crippen molar-refractivity contribution >= 4 is 40.2 Å². The second kappa shape index (κ2) is 11.9. The van der Waals surface area contributed by atoms with E-state index < -0.39 is 0 Å². The van der Waals surface area contributed by atoms with E-state index in [4.69, 9.17) is 14.5 Å². The molecule has 4 aromatic rings. The summed E-state index contributed by atoms with van der Waals surface area (Å²) < 4.78 is 12.5. The van der Waals surface area contributed by atoms with Gasteiger partial charge in [0.25, 0.3) is 0 Å². The van der Waals surface area contributed by atoms with E-state index in [1.165, 1.54) is 27.9 Å². The van der Waals surface area contributed by atoms with Crippen LogP contribution in [-0.2, 0) is 0 Å². The number of halogens is 1. The van der Waals surface area contributed by atoms with E-state index in [0.717, 1.165) is 46.5 Å². The Kier molecular flexibility index (Phi) is 7.91. The molecule has 0 amide bonds. The molecule has 0 bridgehead atoms. The van der Waals surface area contributed by atoms with Gasteiger partial charge < -0.3 is 14.4 Å². The quantitative estimate of drug-likeness (QED) is 0.110. The van der Waals surface area contributed by atoms with Crippen molar-refractivity contribution in [3.63, 3.8) is 0 Å². The molecular formula is C35H33IN2O2. The molecule has 2 atom stereocenters. The Morgan fingerprint density at radius 3 is 2.05 bits per heavy atom. The minimum atomic E-state index is 0.359. The van der Waals surface area contributed by atoms with Gasteiger partial charge in [-0.1, -0.05) is 73.3 Å². The zero-order valence-corrected chi connectivity index (χ0v) is 24.9. The zero-order chi connectivity index (χ0) is 27.5. The van der Waals surface area contributed by atoms with Crippen LogP contribution in [0.4, 0.5) is 11.4 Å². The maximum atomic E-state index is 5.84. The molecule has 4 nitrogen and oxygen atoms in total. The lowest BCUT2D eigenvalue weighted by atomic mass is 9.76. The first-order chi connectivity index (χ1) is 19.7. The number of ether oxygens (including phenoxy) is 2. The first-order valence-corrected chi connectivity index (χ1v) is 14.9. The van der Waals surface area contributed by atoms with Crippen LogP contribution in [0.25, 0.3) is 0 Å². The number of aliphatic imine (C=N–C) groups is 1. The van der Waals surface area contributed by atoms with E-state index in [1.807, 2.05) is 12.3 Å². The van der Waals surface area contributed by atoms with Crippen LogP contribution in [0.5, 0.6) is 11.5 Å². The minimum absolute atomic E-state index is 0.359. The fraction of sp³-hybridized carbons (Fsp3) is 0.229. The maximum Gasteiger partial charge on any atom is 0.174 e. The molecule has 5 heteroatoms. The number of rotatable bonds is 8. The van der Waals surface area contributed by atoms with E-state index in [9.17, 15) is 0 Å². The van der Waals surface area contributed by atoms with E-state index in [2.05, 4.69) is 113 Å². The van der Waals surface area contributed by atoms with Crippen molar-refractivity contribution in [2.45, 2.75) is 24.7 Å². The highest BCUT2D eigenvalue weighted by Crippen LogP contribution is 2.50. The highest BCUT2D eigenvalue weighted by atomic mass is 127. The number of methoxy groups -OCH3 is 1. The summed E-state index contributed by atoms with van der Waals surface area (Å²) in [6, 6.07) is 30.6. The molecule has 2 aliphatic heterocycles. The summed E-state index contributed by atoms with van der Waals surface area (Å²) in [5.74, 6) is 2.14. The van der Waals surface area contributed by atoms with Crippen LogP contribution < -0.4 is 14.4 Å². The van der Waals surface area contributed by atoms with E-state index >= 15 is 0 Å². The fourth-order valence-electron chi connectivity index (χ4n) is 6.16. The molecule has 2 aliphatic rings. The molecule has 0 fully saturated rings. The van der Waals surface area contributed by atoms with Crippen molar-refractivity contribution in [1.82, 2.24) is 0 Å². The standard InChI is InChI=1S/C35H33IN2O2/c1-3-18-40-35-32(36)19-24(20-33(35)39-2)23-37-27-21-30-28(25-10-6-4-7-11-25)14-16-38-17-15-29(31(22-27)34(30)38)26-12-8-5-9-13-26/h3-13,19-23,28-29H,1,14-18H2,2H3/t28-,29-/m1/s1. The molecule has 0 saturated carbocycles. The molecule has 202 valence electrons. The lowest BCUT2D eigenvalue weighted by molar-refractivity contribution is 0.324. The normalized spacial score (nSPS) is 17.9. The SMILES string of the molecule is C=CCOc1c(I)cc(C=Nc2cc3c4c(c2)[C@@H](c2ccccc2)CCN4CC[C@@H]3c2ccccc2)cc1OC. The van der Waals surface area contributed by atoms with Crippen LogP contribution in [0, 0.1) is 3.57 Å². The number of nitrogens with zero attached hydrogens (tertiary/aromatic N) is 2. The molecule has 0 N–H and O–H groups in total. The van der Waals surface area contributed by atoms with Crippen LogP contribution in [0.2, 0.25) is 0 Å². The maximum absolute atomic E-state index is 5.84. The Bertz CT molecular complexity index is 1460. The van der Waals surface area contributed by atoms with Crippen LogP contribution >= 0.6 is 22.6 Å². The monoisotopic (exact) mass is 640 g/mol. The van der Waals surface area contributed by atoms with Crippen molar-refractivity contribution in [3.8, 4) is 11.5 Å². The van der Waals surface area contributed by atoms with Gasteiger partial charge in [0.1, 0.15) is 6.61 Å². The third-order valence-corrected chi connectivity index (χ3v) is 8.76. The third-order valence-electron chi connectivity index (χ3n) is 7.96. The summed E-state index contributed by atoms with van der Waals surface area (Å²) in [5.41, 5.74) is 8.91.